The third kappa shape index (κ3) is 5.34. The number of aliphatic hydroxyl groups excluding tert-OH is 1. The first-order valence-electron chi connectivity index (χ1n) is 10.00. The first-order valence-corrected chi connectivity index (χ1v) is 10.00. The summed E-state index contributed by atoms with van der Waals surface area (Å²) in [6.07, 6.45) is 6.01. The Morgan fingerprint density at radius 2 is 2.15 bits per heavy atom. The summed E-state index contributed by atoms with van der Waals surface area (Å²) < 4.78 is 2.04. The fraction of sp³-hybridized carbons (Fsp3) is 0.842. The number of rotatable bonds is 4. The van der Waals surface area contributed by atoms with Gasteiger partial charge in [0.1, 0.15) is 5.82 Å². The fourth-order valence-electron chi connectivity index (χ4n) is 3.95. The maximum atomic E-state index is 10.4. The van der Waals surface area contributed by atoms with Crippen LogP contribution in [0.5, 0.6) is 0 Å². The van der Waals surface area contributed by atoms with Gasteiger partial charge in [0.05, 0.1) is 12.6 Å². The molecule has 1 saturated carbocycles. The van der Waals surface area contributed by atoms with E-state index in [4.69, 9.17) is 0 Å². The second kappa shape index (κ2) is 9.54. The van der Waals surface area contributed by atoms with Crippen molar-refractivity contribution < 1.29 is 5.11 Å². The number of aryl methyl sites for hydroxylation is 1. The molecule has 154 valence electrons. The molecule has 1 aliphatic carbocycles. The maximum Gasteiger partial charge on any atom is 0.191 e. The van der Waals surface area contributed by atoms with E-state index in [1.54, 1.807) is 7.05 Å². The molecule has 8 heteroatoms. The maximum absolute atomic E-state index is 10.4. The molecule has 0 spiro atoms. The minimum absolute atomic E-state index is 0. The molecule has 3 unspecified atom stereocenters. The van der Waals surface area contributed by atoms with Crippen molar-refractivity contribution in [3.63, 3.8) is 0 Å². The van der Waals surface area contributed by atoms with Gasteiger partial charge in [0, 0.05) is 37.4 Å². The number of nitrogens with one attached hydrogen (secondary N) is 2. The van der Waals surface area contributed by atoms with Crippen molar-refractivity contribution in [1.29, 1.82) is 0 Å². The average Bonchev–Trinajstić information content (AvgIpc) is 3.05. The number of aliphatic hydroxyl groups is 1. The minimum Gasteiger partial charge on any atom is -0.392 e. The Bertz CT molecular complexity index is 646. The highest BCUT2D eigenvalue weighted by atomic mass is 127. The summed E-state index contributed by atoms with van der Waals surface area (Å²) in [4.78, 5) is 9.03. The van der Waals surface area contributed by atoms with E-state index in [2.05, 4.69) is 46.5 Å². The normalized spacial score (nSPS) is 28.4. The molecule has 1 aromatic heterocycles. The third-order valence-corrected chi connectivity index (χ3v) is 5.89. The van der Waals surface area contributed by atoms with Crippen molar-refractivity contribution in [2.24, 2.45) is 10.4 Å². The smallest absolute Gasteiger partial charge is 0.191 e. The van der Waals surface area contributed by atoms with Crippen molar-refractivity contribution in [3.8, 4) is 0 Å². The van der Waals surface area contributed by atoms with Gasteiger partial charge in [0.15, 0.2) is 11.8 Å². The molecule has 0 radical (unpaired) electrons. The molecule has 0 saturated heterocycles. The van der Waals surface area contributed by atoms with Crippen molar-refractivity contribution in [2.45, 2.75) is 83.9 Å². The Morgan fingerprint density at radius 3 is 2.81 bits per heavy atom. The van der Waals surface area contributed by atoms with E-state index in [-0.39, 0.29) is 35.5 Å². The lowest BCUT2D eigenvalue weighted by atomic mass is 9.73. The van der Waals surface area contributed by atoms with E-state index in [0.29, 0.717) is 12.0 Å². The van der Waals surface area contributed by atoms with Gasteiger partial charge in [-0.1, -0.05) is 33.6 Å². The first kappa shape index (κ1) is 22.4. The second-order valence-corrected chi connectivity index (χ2v) is 8.44. The van der Waals surface area contributed by atoms with Crippen LogP contribution in [0, 0.1) is 5.41 Å². The molecule has 1 aliphatic heterocycles. The standard InChI is InChI=1S/C19H34N6O.HI/c1-13(2)17-23-16-9-8-14(11-25(16)24-17)22-18(20-4)21-12-19(3)10-6-5-7-15(19)26;/h13-15,26H,5-12H2,1-4H3,(H2,20,21,22);1H. The topological polar surface area (TPSA) is 87.4 Å². The van der Waals surface area contributed by atoms with E-state index in [0.717, 1.165) is 62.8 Å². The molecular formula is C19H35IN6O. The molecule has 1 fully saturated rings. The molecule has 7 nitrogen and oxygen atoms in total. The quantitative estimate of drug-likeness (QED) is 0.343. The lowest BCUT2D eigenvalue weighted by Crippen LogP contribution is -2.51. The van der Waals surface area contributed by atoms with Crippen LogP contribution in [0.2, 0.25) is 0 Å². The molecule has 2 heterocycles. The third-order valence-electron chi connectivity index (χ3n) is 5.89. The summed E-state index contributed by atoms with van der Waals surface area (Å²) in [5.41, 5.74) is -0.0757. The molecule has 3 rings (SSSR count). The van der Waals surface area contributed by atoms with E-state index in [9.17, 15) is 5.11 Å². The van der Waals surface area contributed by atoms with Crippen molar-refractivity contribution in [2.75, 3.05) is 13.6 Å². The van der Waals surface area contributed by atoms with Crippen LogP contribution in [0.4, 0.5) is 0 Å². The number of hydrogen-bond donors (Lipinski definition) is 3. The summed E-state index contributed by atoms with van der Waals surface area (Å²) in [6, 6.07) is 0.291. The van der Waals surface area contributed by atoms with Crippen molar-refractivity contribution >= 4 is 29.9 Å². The average molecular weight is 490 g/mol. The Kier molecular flexibility index (Phi) is 7.91. The zero-order valence-electron chi connectivity index (χ0n) is 17.0. The molecule has 3 N–H and O–H groups in total. The summed E-state index contributed by atoms with van der Waals surface area (Å²) in [6.45, 7) is 7.99. The SMILES string of the molecule is CN=C(NCC1(C)CCCCC1O)NC1CCc2nc(C(C)C)nn2C1.I. The lowest BCUT2D eigenvalue weighted by molar-refractivity contribution is 0.00394. The molecule has 1 aromatic rings. The van der Waals surface area contributed by atoms with Crippen LogP contribution in [0.1, 0.15) is 70.4 Å². The largest absolute Gasteiger partial charge is 0.392 e. The highest BCUT2D eigenvalue weighted by molar-refractivity contribution is 14.0. The van der Waals surface area contributed by atoms with Crippen molar-refractivity contribution in [1.82, 2.24) is 25.4 Å². The molecule has 0 bridgehead atoms. The minimum atomic E-state index is -0.233. The Balaban J connectivity index is 0.00000261. The number of hydrogen-bond acceptors (Lipinski definition) is 4. The van der Waals surface area contributed by atoms with E-state index in [1.165, 1.54) is 6.42 Å². The molecule has 2 aliphatic rings. The summed E-state index contributed by atoms with van der Waals surface area (Å²) in [5, 5.41) is 22.0. The van der Waals surface area contributed by atoms with Gasteiger partial charge in [-0.2, -0.15) is 5.10 Å². The highest BCUT2D eigenvalue weighted by Crippen LogP contribution is 2.35. The van der Waals surface area contributed by atoms with E-state index < -0.39 is 0 Å². The van der Waals surface area contributed by atoms with Crippen LogP contribution in [0.15, 0.2) is 4.99 Å². The summed E-state index contributed by atoms with van der Waals surface area (Å²) in [5.74, 6) is 3.19. The zero-order chi connectivity index (χ0) is 18.7. The van der Waals surface area contributed by atoms with Crippen LogP contribution in [0.3, 0.4) is 0 Å². The molecule has 3 atom stereocenters. The monoisotopic (exact) mass is 490 g/mol. The highest BCUT2D eigenvalue weighted by Gasteiger charge is 2.35. The van der Waals surface area contributed by atoms with Crippen LogP contribution >= 0.6 is 24.0 Å². The number of aliphatic imine (C=N–C) groups is 1. The van der Waals surface area contributed by atoms with E-state index >= 15 is 0 Å². The Hall–Kier alpha value is -0.900. The van der Waals surface area contributed by atoms with Crippen LogP contribution in [0.25, 0.3) is 0 Å². The van der Waals surface area contributed by atoms with Gasteiger partial charge < -0.3 is 15.7 Å². The van der Waals surface area contributed by atoms with E-state index in [1.807, 2.05) is 4.68 Å². The van der Waals surface area contributed by atoms with Crippen LogP contribution in [-0.2, 0) is 13.0 Å². The van der Waals surface area contributed by atoms with Gasteiger partial charge in [0.25, 0.3) is 0 Å². The summed E-state index contributed by atoms with van der Waals surface area (Å²) in [7, 11) is 1.80. The fourth-order valence-corrected chi connectivity index (χ4v) is 3.95. The number of halogens is 1. The number of fused-ring (bicyclic) bond motifs is 1. The van der Waals surface area contributed by atoms with Crippen molar-refractivity contribution in [3.05, 3.63) is 11.6 Å². The molecule has 0 amide bonds. The number of nitrogens with zero attached hydrogens (tertiary/aromatic N) is 4. The molecule has 27 heavy (non-hydrogen) atoms. The van der Waals surface area contributed by atoms with Crippen LogP contribution in [-0.4, -0.2) is 51.6 Å². The number of guanidine groups is 1. The Morgan fingerprint density at radius 1 is 1.37 bits per heavy atom. The van der Waals surface area contributed by atoms with Gasteiger partial charge >= 0.3 is 0 Å². The predicted molar refractivity (Wildman–Crippen MR) is 119 cm³/mol. The van der Waals surface area contributed by atoms with Gasteiger partial charge in [0.2, 0.25) is 0 Å². The van der Waals surface area contributed by atoms with Gasteiger partial charge in [-0.05, 0) is 19.3 Å². The van der Waals surface area contributed by atoms with Crippen LogP contribution < -0.4 is 10.6 Å². The second-order valence-electron chi connectivity index (χ2n) is 8.44. The summed E-state index contributed by atoms with van der Waals surface area (Å²) >= 11 is 0. The Labute approximate surface area is 179 Å². The molecule has 0 aromatic carbocycles. The lowest BCUT2D eigenvalue weighted by Gasteiger charge is -2.39. The predicted octanol–water partition coefficient (Wildman–Crippen LogP) is 2.44. The molecular weight excluding hydrogens is 455 g/mol. The van der Waals surface area contributed by atoms with Gasteiger partial charge in [-0.3, -0.25) is 4.99 Å². The zero-order valence-corrected chi connectivity index (χ0v) is 19.4. The van der Waals surface area contributed by atoms with Gasteiger partial charge in [-0.25, -0.2) is 9.67 Å². The number of aromatic nitrogens is 3. The first-order chi connectivity index (χ1) is 12.4. The van der Waals surface area contributed by atoms with Gasteiger partial charge in [-0.15, -0.1) is 24.0 Å².